The standard InChI is InChI=1S/C39H56ClFN4O3S/c1-6-8-33-32(10-11-34(40)37(33)41)31-24-45-16-13-29(7-2)38(47-20-19-44-17-14-42-15-18-44)27(4)21-26(3)22-28(5)49-43-39(46)30-9-12-36(48-25-31)35(45)23-30/h9-12,21,23,26,28-29,31,38,42H,6-8,13-20,22,24-25H2,1-5H3,(H,43,46)/b27-21+. The predicted octanol–water partition coefficient (Wildman–Crippen LogP) is 7.87. The van der Waals surface area contributed by atoms with Crippen molar-refractivity contribution in [2.45, 2.75) is 84.0 Å². The highest BCUT2D eigenvalue weighted by Crippen LogP contribution is 2.39. The molecule has 2 aromatic rings. The molecule has 0 aromatic heterocycles. The number of allylic oxidation sites excluding steroid dienone is 1. The van der Waals surface area contributed by atoms with Crippen molar-refractivity contribution in [3.8, 4) is 5.75 Å². The molecular formula is C39H56ClFN4O3S. The van der Waals surface area contributed by atoms with Gasteiger partial charge < -0.3 is 19.7 Å². The molecule has 3 heterocycles. The molecule has 2 aromatic carbocycles. The molecule has 1 saturated heterocycles. The summed E-state index contributed by atoms with van der Waals surface area (Å²) in [5.74, 6) is 0.872. The smallest absolute Gasteiger partial charge is 0.261 e. The summed E-state index contributed by atoms with van der Waals surface area (Å²) in [6.07, 6.45) is 6.67. The van der Waals surface area contributed by atoms with Gasteiger partial charge in [-0.1, -0.05) is 64.3 Å². The van der Waals surface area contributed by atoms with Crippen LogP contribution in [0.15, 0.2) is 42.0 Å². The van der Waals surface area contributed by atoms with Crippen molar-refractivity contribution in [1.29, 1.82) is 0 Å². The van der Waals surface area contributed by atoms with E-state index in [0.29, 0.717) is 49.1 Å². The number of ether oxygens (including phenoxy) is 2. The molecule has 49 heavy (non-hydrogen) atoms. The van der Waals surface area contributed by atoms with Crippen molar-refractivity contribution < 1.29 is 18.7 Å². The highest BCUT2D eigenvalue weighted by Gasteiger charge is 2.31. The minimum absolute atomic E-state index is 0.0114. The zero-order chi connectivity index (χ0) is 34.9. The van der Waals surface area contributed by atoms with Gasteiger partial charge in [-0.3, -0.25) is 14.4 Å². The molecule has 10 heteroatoms. The SMILES string of the molecule is CCCc1c(C2COc3ccc4cc3N(CCC(CC)C(OCCN3CCNCC3)/C(C)=C/C(C)CC(C)SNC4=O)C2)ccc(Cl)c1F. The van der Waals surface area contributed by atoms with E-state index in [0.717, 1.165) is 82.0 Å². The number of benzene rings is 2. The quantitative estimate of drug-likeness (QED) is 0.213. The number of anilines is 1. The Hall–Kier alpha value is -2.30. The van der Waals surface area contributed by atoms with Gasteiger partial charge in [-0.2, -0.15) is 0 Å². The number of amides is 1. The molecule has 7 nitrogen and oxygen atoms in total. The van der Waals surface area contributed by atoms with Crippen LogP contribution >= 0.6 is 23.5 Å². The second-order valence-corrected chi connectivity index (χ2v) is 15.8. The topological polar surface area (TPSA) is 66.1 Å². The Morgan fingerprint density at radius 1 is 1.12 bits per heavy atom. The lowest BCUT2D eigenvalue weighted by Gasteiger charge is -2.33. The van der Waals surface area contributed by atoms with Crippen LogP contribution in [-0.2, 0) is 11.2 Å². The largest absolute Gasteiger partial charge is 0.491 e. The van der Waals surface area contributed by atoms with E-state index in [1.165, 1.54) is 17.5 Å². The number of hydrogen-bond donors (Lipinski definition) is 2. The Bertz CT molecular complexity index is 1440. The molecule has 5 unspecified atom stereocenters. The summed E-state index contributed by atoms with van der Waals surface area (Å²) in [6.45, 7) is 18.6. The number of piperazine rings is 1. The maximum atomic E-state index is 15.4. The first-order valence-corrected chi connectivity index (χ1v) is 19.6. The summed E-state index contributed by atoms with van der Waals surface area (Å²) in [5, 5.41) is 3.84. The lowest BCUT2D eigenvalue weighted by atomic mass is 9.88. The summed E-state index contributed by atoms with van der Waals surface area (Å²) in [4.78, 5) is 18.3. The van der Waals surface area contributed by atoms with Gasteiger partial charge in [0.15, 0.2) is 0 Å². The van der Waals surface area contributed by atoms with Crippen LogP contribution in [0.25, 0.3) is 0 Å². The molecule has 5 rings (SSSR count). The highest BCUT2D eigenvalue weighted by molar-refractivity contribution is 7.98. The molecule has 0 spiro atoms. The fourth-order valence-electron chi connectivity index (χ4n) is 7.70. The average molecular weight is 715 g/mol. The molecule has 3 aliphatic rings. The summed E-state index contributed by atoms with van der Waals surface area (Å²) in [5.41, 5.74) is 4.41. The number of carbonyl (C=O) groups excluding carboxylic acids is 1. The number of fused-ring (bicyclic) bond motifs is 1. The van der Waals surface area contributed by atoms with E-state index in [2.05, 4.69) is 60.5 Å². The van der Waals surface area contributed by atoms with Gasteiger partial charge in [0.05, 0.1) is 30.0 Å². The summed E-state index contributed by atoms with van der Waals surface area (Å²) >= 11 is 7.75. The first-order chi connectivity index (χ1) is 23.7. The lowest BCUT2D eigenvalue weighted by molar-refractivity contribution is 0.0188. The van der Waals surface area contributed by atoms with Gasteiger partial charge in [-0.15, -0.1) is 0 Å². The van der Waals surface area contributed by atoms with Crippen molar-refractivity contribution in [1.82, 2.24) is 14.9 Å². The summed E-state index contributed by atoms with van der Waals surface area (Å²) in [7, 11) is 0. The Kier molecular flexibility index (Phi) is 14.1. The number of nitrogens with zero attached hydrogens (tertiary/aromatic N) is 2. The van der Waals surface area contributed by atoms with Crippen LogP contribution in [0.2, 0.25) is 5.02 Å². The van der Waals surface area contributed by atoms with Crippen LogP contribution in [0, 0.1) is 17.7 Å². The first kappa shape index (κ1) is 37.9. The van der Waals surface area contributed by atoms with Crippen LogP contribution in [0.5, 0.6) is 5.75 Å². The first-order valence-electron chi connectivity index (χ1n) is 18.4. The van der Waals surface area contributed by atoms with E-state index in [1.807, 2.05) is 24.3 Å². The third-order valence-corrected chi connectivity index (χ3v) is 11.5. The molecule has 5 atom stereocenters. The predicted molar refractivity (Wildman–Crippen MR) is 202 cm³/mol. The minimum atomic E-state index is -0.329. The summed E-state index contributed by atoms with van der Waals surface area (Å²) in [6, 6.07) is 9.37. The molecule has 1 fully saturated rings. The second-order valence-electron chi connectivity index (χ2n) is 14.1. The fraction of sp³-hybridized carbons (Fsp3) is 0.615. The fourth-order valence-corrected chi connectivity index (χ4v) is 8.70. The van der Waals surface area contributed by atoms with Crippen LogP contribution in [0.1, 0.15) is 87.7 Å². The maximum absolute atomic E-state index is 15.4. The summed E-state index contributed by atoms with van der Waals surface area (Å²) < 4.78 is 31.8. The molecule has 0 aliphatic carbocycles. The van der Waals surface area contributed by atoms with Crippen molar-refractivity contribution in [2.75, 3.05) is 63.9 Å². The number of rotatable bonds is 8. The van der Waals surface area contributed by atoms with Crippen LogP contribution in [0.3, 0.4) is 0 Å². The molecule has 2 N–H and O–H groups in total. The zero-order valence-electron chi connectivity index (χ0n) is 30.0. The van der Waals surface area contributed by atoms with Crippen molar-refractivity contribution >= 4 is 35.1 Å². The van der Waals surface area contributed by atoms with Crippen LogP contribution in [-0.4, -0.2) is 81.2 Å². The van der Waals surface area contributed by atoms with Gasteiger partial charge in [0.1, 0.15) is 11.6 Å². The number of nitrogens with one attached hydrogen (secondary N) is 2. The lowest BCUT2D eigenvalue weighted by Crippen LogP contribution is -2.45. The molecule has 3 aliphatic heterocycles. The van der Waals surface area contributed by atoms with Gasteiger partial charge in [0, 0.05) is 62.5 Å². The van der Waals surface area contributed by atoms with Gasteiger partial charge in [-0.25, -0.2) is 4.39 Å². The molecule has 270 valence electrons. The maximum Gasteiger partial charge on any atom is 0.261 e. The van der Waals surface area contributed by atoms with Gasteiger partial charge >= 0.3 is 0 Å². The van der Waals surface area contributed by atoms with Gasteiger partial charge in [0.25, 0.3) is 5.91 Å². The van der Waals surface area contributed by atoms with E-state index >= 15 is 4.39 Å². The third-order valence-electron chi connectivity index (χ3n) is 10.3. The van der Waals surface area contributed by atoms with Crippen molar-refractivity contribution in [3.63, 3.8) is 0 Å². The molecule has 0 radical (unpaired) electrons. The average Bonchev–Trinajstić information content (AvgIpc) is 3.27. The third kappa shape index (κ3) is 9.94. The molecule has 0 saturated carbocycles. The van der Waals surface area contributed by atoms with Crippen molar-refractivity contribution in [2.24, 2.45) is 11.8 Å². The molecular weight excluding hydrogens is 659 g/mol. The van der Waals surface area contributed by atoms with E-state index < -0.39 is 0 Å². The van der Waals surface area contributed by atoms with E-state index in [1.54, 1.807) is 6.07 Å². The number of halogens is 2. The minimum Gasteiger partial charge on any atom is -0.491 e. The van der Waals surface area contributed by atoms with E-state index in [9.17, 15) is 4.79 Å². The highest BCUT2D eigenvalue weighted by atomic mass is 35.5. The Morgan fingerprint density at radius 2 is 1.92 bits per heavy atom. The zero-order valence-corrected chi connectivity index (χ0v) is 31.6. The van der Waals surface area contributed by atoms with Crippen molar-refractivity contribution in [3.05, 3.63) is 69.5 Å². The Labute approximate surface area is 302 Å². The van der Waals surface area contributed by atoms with E-state index in [-0.39, 0.29) is 34.0 Å². The van der Waals surface area contributed by atoms with Crippen LogP contribution in [0.4, 0.5) is 10.1 Å². The number of carbonyl (C=O) groups is 1. The second kappa shape index (κ2) is 18.3. The van der Waals surface area contributed by atoms with Crippen LogP contribution < -0.4 is 19.7 Å². The Morgan fingerprint density at radius 3 is 2.67 bits per heavy atom. The normalized spacial score (nSPS) is 27.1. The molecule has 2 bridgehead atoms. The van der Waals surface area contributed by atoms with Gasteiger partial charge in [0.2, 0.25) is 0 Å². The van der Waals surface area contributed by atoms with Gasteiger partial charge in [-0.05, 0) is 90.9 Å². The monoisotopic (exact) mass is 714 g/mol. The molecule has 1 amide bonds. The number of hydrogen-bond acceptors (Lipinski definition) is 7. The van der Waals surface area contributed by atoms with E-state index in [4.69, 9.17) is 21.1 Å². The Balaban J connectivity index is 1.48.